The van der Waals surface area contributed by atoms with Crippen LogP contribution in [0.15, 0.2) is 30.3 Å². The Labute approximate surface area is 130 Å². The fourth-order valence-corrected chi connectivity index (χ4v) is 8.18. The van der Waals surface area contributed by atoms with Crippen LogP contribution in [0.3, 0.4) is 0 Å². The van der Waals surface area contributed by atoms with Gasteiger partial charge in [0, 0.05) is 0 Å². The van der Waals surface area contributed by atoms with Gasteiger partial charge in [-0.1, -0.05) is 54.1 Å². The Morgan fingerprint density at radius 3 is 1.43 bits per heavy atom. The van der Waals surface area contributed by atoms with Gasteiger partial charge in [-0.3, -0.25) is 0 Å². The number of hydrogen-bond acceptors (Lipinski definition) is 4. The van der Waals surface area contributed by atoms with E-state index in [0.717, 1.165) is 24.6 Å². The van der Waals surface area contributed by atoms with Gasteiger partial charge in [-0.15, -0.1) is 0 Å². The third-order valence-corrected chi connectivity index (χ3v) is 9.87. The lowest BCUT2D eigenvalue weighted by atomic mass is 10.4. The van der Waals surface area contributed by atoms with Crippen LogP contribution in [-0.2, 0) is 0 Å². The monoisotopic (exact) mass is 350 g/mol. The second-order valence-corrected chi connectivity index (χ2v) is 11.9. The van der Waals surface area contributed by atoms with Crippen molar-refractivity contribution in [3.05, 3.63) is 30.3 Å². The van der Waals surface area contributed by atoms with Gasteiger partial charge in [-0.25, -0.2) is 0 Å². The fourth-order valence-electron chi connectivity index (χ4n) is 1.91. The summed E-state index contributed by atoms with van der Waals surface area (Å²) >= 11 is 0. The molecule has 0 aliphatic heterocycles. The van der Waals surface area contributed by atoms with Crippen LogP contribution in [0.2, 0.25) is 0 Å². The smallest absolute Gasteiger partial charge is 0.0646 e. The molecular weight excluding hydrogens is 325 g/mol. The zero-order valence-electron chi connectivity index (χ0n) is 12.2. The van der Waals surface area contributed by atoms with Crippen molar-refractivity contribution in [1.82, 2.24) is 0 Å². The lowest BCUT2D eigenvalue weighted by Crippen LogP contribution is -2.11. The van der Waals surface area contributed by atoms with Crippen molar-refractivity contribution >= 4 is 29.1 Å². The van der Waals surface area contributed by atoms with E-state index in [1.165, 1.54) is 5.30 Å². The van der Waals surface area contributed by atoms with E-state index < -0.39 is 15.8 Å². The minimum Gasteiger partial charge on any atom is -0.392 e. The molecular formula is C14H25O4P3. The lowest BCUT2D eigenvalue weighted by molar-refractivity contribution is 0.343. The van der Waals surface area contributed by atoms with Crippen LogP contribution >= 0.6 is 23.8 Å². The average molecular weight is 350 g/mol. The molecule has 4 nitrogen and oxygen atoms in total. The van der Waals surface area contributed by atoms with Crippen LogP contribution in [0.1, 0.15) is 0 Å². The van der Waals surface area contributed by atoms with Gasteiger partial charge < -0.3 is 20.4 Å². The van der Waals surface area contributed by atoms with Crippen LogP contribution in [-0.4, -0.2) is 70.5 Å². The van der Waals surface area contributed by atoms with Crippen molar-refractivity contribution in [2.24, 2.45) is 0 Å². The first-order chi connectivity index (χ1) is 10.2. The maximum atomic E-state index is 9.22. The minimum absolute atomic E-state index is 0.0871. The van der Waals surface area contributed by atoms with Gasteiger partial charge in [0.25, 0.3) is 0 Å². The third-order valence-electron chi connectivity index (χ3n) is 3.29. The largest absolute Gasteiger partial charge is 0.392 e. The van der Waals surface area contributed by atoms with E-state index in [4.69, 9.17) is 0 Å². The first-order valence-corrected chi connectivity index (χ1v) is 12.4. The number of aliphatic hydroxyl groups is 4. The molecule has 0 aliphatic rings. The molecule has 0 aliphatic carbocycles. The first-order valence-electron chi connectivity index (χ1n) is 6.93. The molecule has 0 atom stereocenters. The second-order valence-electron chi connectivity index (χ2n) is 4.68. The van der Waals surface area contributed by atoms with E-state index in [1.54, 1.807) is 0 Å². The lowest BCUT2D eigenvalue weighted by Gasteiger charge is -2.22. The molecule has 0 unspecified atom stereocenters. The Hall–Kier alpha value is 0.350. The Bertz CT molecular complexity index is 342. The van der Waals surface area contributed by atoms with Crippen molar-refractivity contribution in [3.63, 3.8) is 0 Å². The molecule has 21 heavy (non-hydrogen) atoms. The summed E-state index contributed by atoms with van der Waals surface area (Å²) in [5.74, 6) is 0. The van der Waals surface area contributed by atoms with Gasteiger partial charge in [-0.05, 0) is 30.0 Å². The Kier molecular flexibility index (Phi) is 11.0. The average Bonchev–Trinajstić information content (AvgIpc) is 2.55. The topological polar surface area (TPSA) is 80.9 Å². The SMILES string of the molecule is OCP(CO)CCP(CCP(CO)CO)c1ccccc1. The van der Waals surface area contributed by atoms with Gasteiger partial charge in [0.1, 0.15) is 0 Å². The highest BCUT2D eigenvalue weighted by molar-refractivity contribution is 7.68. The molecule has 0 radical (unpaired) electrons. The van der Waals surface area contributed by atoms with Crippen molar-refractivity contribution < 1.29 is 20.4 Å². The third kappa shape index (κ3) is 7.44. The predicted octanol–water partition coefficient (Wildman–Crippen LogP) is 1.56. The summed E-state index contributed by atoms with van der Waals surface area (Å²) in [5.41, 5.74) is 0. The molecule has 0 fully saturated rings. The van der Waals surface area contributed by atoms with E-state index >= 15 is 0 Å². The molecule has 4 N–H and O–H groups in total. The van der Waals surface area contributed by atoms with Crippen molar-refractivity contribution in [1.29, 1.82) is 0 Å². The number of hydrogen-bond donors (Lipinski definition) is 4. The summed E-state index contributed by atoms with van der Waals surface area (Å²) in [6.45, 7) is 0. The normalized spacial score (nSPS) is 11.8. The van der Waals surface area contributed by atoms with Crippen LogP contribution in [0.5, 0.6) is 0 Å². The van der Waals surface area contributed by atoms with Crippen LogP contribution in [0.25, 0.3) is 0 Å². The summed E-state index contributed by atoms with van der Waals surface area (Å²) in [7, 11) is -1.71. The molecule has 7 heteroatoms. The van der Waals surface area contributed by atoms with Gasteiger partial charge in [0.15, 0.2) is 0 Å². The molecule has 0 spiro atoms. The number of benzene rings is 1. The zero-order valence-corrected chi connectivity index (χ0v) is 14.9. The molecule has 0 saturated carbocycles. The van der Waals surface area contributed by atoms with Crippen LogP contribution in [0, 0.1) is 0 Å². The van der Waals surface area contributed by atoms with Gasteiger partial charge in [0.2, 0.25) is 0 Å². The summed E-state index contributed by atoms with van der Waals surface area (Å²) in [4.78, 5) is 0. The number of rotatable bonds is 11. The second kappa shape index (κ2) is 11.9. The van der Waals surface area contributed by atoms with E-state index in [0.29, 0.717) is 0 Å². The molecule has 0 heterocycles. The molecule has 1 aromatic rings. The molecule has 1 aromatic carbocycles. The zero-order chi connectivity index (χ0) is 15.5. The predicted molar refractivity (Wildman–Crippen MR) is 94.6 cm³/mol. The Balaban J connectivity index is 2.62. The van der Waals surface area contributed by atoms with Crippen molar-refractivity contribution in [2.45, 2.75) is 0 Å². The van der Waals surface area contributed by atoms with Crippen LogP contribution in [0.4, 0.5) is 0 Å². The van der Waals surface area contributed by atoms with E-state index in [2.05, 4.69) is 12.1 Å². The number of aliphatic hydroxyl groups excluding tert-OH is 4. The quantitative estimate of drug-likeness (QED) is 0.457. The van der Waals surface area contributed by atoms with Gasteiger partial charge in [0.05, 0.1) is 25.4 Å². The minimum atomic E-state index is -0.679. The summed E-state index contributed by atoms with van der Waals surface area (Å²) in [5, 5.41) is 38.2. The Morgan fingerprint density at radius 1 is 0.619 bits per heavy atom. The molecule has 0 bridgehead atoms. The van der Waals surface area contributed by atoms with E-state index in [1.807, 2.05) is 18.2 Å². The standard InChI is InChI=1S/C14H25O4P3/c15-10-19(11-16)6-8-21(9-7-20(12-17)13-18)14-4-2-1-3-5-14/h1-5,15-18H,6-13H2. The molecule has 1 rings (SSSR count). The van der Waals surface area contributed by atoms with E-state index in [-0.39, 0.29) is 33.3 Å². The summed E-state index contributed by atoms with van der Waals surface area (Å²) < 4.78 is 0. The molecule has 120 valence electrons. The van der Waals surface area contributed by atoms with Crippen molar-refractivity contribution in [2.75, 3.05) is 50.0 Å². The van der Waals surface area contributed by atoms with Gasteiger partial charge in [-0.2, -0.15) is 0 Å². The summed E-state index contributed by atoms with van der Waals surface area (Å²) in [6.07, 6.45) is 4.08. The maximum absolute atomic E-state index is 9.22. The summed E-state index contributed by atoms with van der Waals surface area (Å²) in [6, 6.07) is 10.3. The van der Waals surface area contributed by atoms with Gasteiger partial charge >= 0.3 is 0 Å². The molecule has 0 saturated heterocycles. The maximum Gasteiger partial charge on any atom is 0.0646 e. The van der Waals surface area contributed by atoms with E-state index in [9.17, 15) is 20.4 Å². The first kappa shape index (κ1) is 19.4. The highest BCUT2D eigenvalue weighted by Gasteiger charge is 2.16. The van der Waals surface area contributed by atoms with Crippen molar-refractivity contribution in [3.8, 4) is 0 Å². The molecule has 0 aromatic heterocycles. The highest BCUT2D eigenvalue weighted by Crippen LogP contribution is 2.44. The highest BCUT2D eigenvalue weighted by atomic mass is 31.1. The Morgan fingerprint density at radius 2 is 1.05 bits per heavy atom. The van der Waals surface area contributed by atoms with Crippen LogP contribution < -0.4 is 5.30 Å². The molecule has 0 amide bonds. The fraction of sp³-hybridized carbons (Fsp3) is 0.571.